The van der Waals surface area contributed by atoms with Crippen LogP contribution in [0.1, 0.15) is 45.2 Å². The van der Waals surface area contributed by atoms with Crippen LogP contribution in [0.25, 0.3) is 0 Å². The Labute approximate surface area is 129 Å². The molecule has 5 heteroatoms. The van der Waals surface area contributed by atoms with Crippen molar-refractivity contribution >= 4 is 21.8 Å². The maximum Gasteiger partial charge on any atom is 0.258 e. The lowest BCUT2D eigenvalue weighted by Gasteiger charge is -2.17. The summed E-state index contributed by atoms with van der Waals surface area (Å²) in [5.74, 6) is 0.545. The van der Waals surface area contributed by atoms with Crippen molar-refractivity contribution in [2.45, 2.75) is 45.7 Å². The first-order valence-corrected chi connectivity index (χ1v) is 7.74. The topological polar surface area (TPSA) is 64.3 Å². The van der Waals surface area contributed by atoms with Crippen LogP contribution in [0.5, 0.6) is 5.75 Å². The maximum atomic E-state index is 11.8. The lowest BCUT2D eigenvalue weighted by Crippen LogP contribution is -2.37. The first-order chi connectivity index (χ1) is 9.47. The van der Waals surface area contributed by atoms with Gasteiger partial charge in [-0.2, -0.15) is 0 Å². The van der Waals surface area contributed by atoms with E-state index in [1.165, 1.54) is 0 Å². The molecule has 1 aromatic carbocycles. The molecule has 1 atom stereocenters. The number of halogens is 1. The number of amides is 1. The maximum absolute atomic E-state index is 11.8. The molecule has 1 rings (SSSR count). The van der Waals surface area contributed by atoms with Gasteiger partial charge in [-0.1, -0.05) is 35.8 Å². The van der Waals surface area contributed by atoms with Gasteiger partial charge in [-0.3, -0.25) is 4.79 Å². The fourth-order valence-corrected chi connectivity index (χ4v) is 2.25. The van der Waals surface area contributed by atoms with E-state index in [0.29, 0.717) is 5.75 Å². The molecule has 0 saturated heterocycles. The van der Waals surface area contributed by atoms with Crippen molar-refractivity contribution in [3.05, 3.63) is 28.2 Å². The van der Waals surface area contributed by atoms with Gasteiger partial charge in [0.2, 0.25) is 0 Å². The molecule has 0 bridgehead atoms. The fraction of sp³-hybridized carbons (Fsp3) is 0.533. The van der Waals surface area contributed by atoms with Gasteiger partial charge in [0.05, 0.1) is 0 Å². The third kappa shape index (κ3) is 5.13. The van der Waals surface area contributed by atoms with Crippen LogP contribution in [-0.2, 0) is 4.79 Å². The number of hydrogen-bond donors (Lipinski definition) is 2. The van der Waals surface area contributed by atoms with Gasteiger partial charge in [-0.15, -0.1) is 0 Å². The van der Waals surface area contributed by atoms with Crippen molar-refractivity contribution in [3.63, 3.8) is 0 Å². The van der Waals surface area contributed by atoms with Gasteiger partial charge in [-0.05, 0) is 31.9 Å². The molecule has 0 fully saturated rings. The van der Waals surface area contributed by atoms with Crippen LogP contribution in [0, 0.1) is 0 Å². The van der Waals surface area contributed by atoms with Crippen molar-refractivity contribution < 1.29 is 9.53 Å². The van der Waals surface area contributed by atoms with Crippen molar-refractivity contribution in [1.29, 1.82) is 0 Å². The Balaban J connectivity index is 2.65. The summed E-state index contributed by atoms with van der Waals surface area (Å²) in [5.41, 5.74) is 6.79. The zero-order valence-corrected chi connectivity index (χ0v) is 13.9. The molecule has 20 heavy (non-hydrogen) atoms. The smallest absolute Gasteiger partial charge is 0.258 e. The Morgan fingerprint density at radius 1 is 1.40 bits per heavy atom. The number of carbonyl (C=O) groups excluding carboxylic acids is 1. The predicted molar refractivity (Wildman–Crippen MR) is 84.8 cm³/mol. The van der Waals surface area contributed by atoms with E-state index in [1.54, 1.807) is 0 Å². The van der Waals surface area contributed by atoms with Gasteiger partial charge in [0, 0.05) is 22.1 Å². The van der Waals surface area contributed by atoms with Crippen LogP contribution < -0.4 is 15.8 Å². The molecule has 0 radical (unpaired) electrons. The molecule has 3 N–H and O–H groups in total. The van der Waals surface area contributed by atoms with E-state index in [4.69, 9.17) is 10.5 Å². The molecule has 4 nitrogen and oxygen atoms in total. The molecule has 0 heterocycles. The average molecular weight is 343 g/mol. The summed E-state index contributed by atoms with van der Waals surface area (Å²) in [6.45, 7) is 6.00. The molecule has 0 aliphatic carbocycles. The average Bonchev–Trinajstić information content (AvgIpc) is 2.42. The Hall–Kier alpha value is -1.07. The van der Waals surface area contributed by atoms with Crippen LogP contribution >= 0.6 is 15.9 Å². The first kappa shape index (κ1) is 17.0. The number of benzene rings is 1. The standard InChI is InChI=1S/C15H23BrN2O2/c1-4-12(5-2)18-15(19)9-20-14-8-11(16)6-7-13(14)10(3)17/h6-8,10,12H,4-5,9,17H2,1-3H3,(H,18,19)/t10-/m0/s1. The Morgan fingerprint density at radius 2 is 2.05 bits per heavy atom. The highest BCUT2D eigenvalue weighted by Crippen LogP contribution is 2.27. The lowest BCUT2D eigenvalue weighted by atomic mass is 10.1. The fourth-order valence-electron chi connectivity index (χ4n) is 1.91. The Morgan fingerprint density at radius 3 is 2.60 bits per heavy atom. The van der Waals surface area contributed by atoms with E-state index in [0.717, 1.165) is 22.9 Å². The third-order valence-corrected chi connectivity index (χ3v) is 3.67. The summed E-state index contributed by atoms with van der Waals surface area (Å²) in [6.07, 6.45) is 1.84. The van der Waals surface area contributed by atoms with Crippen molar-refractivity contribution in [3.8, 4) is 5.75 Å². The van der Waals surface area contributed by atoms with E-state index in [9.17, 15) is 4.79 Å². The minimum Gasteiger partial charge on any atom is -0.483 e. The molecule has 0 unspecified atom stereocenters. The monoisotopic (exact) mass is 342 g/mol. The minimum absolute atomic E-state index is 0.00662. The molecule has 0 spiro atoms. The largest absolute Gasteiger partial charge is 0.483 e. The van der Waals surface area contributed by atoms with Crippen molar-refractivity contribution in [2.75, 3.05) is 6.61 Å². The number of ether oxygens (including phenoxy) is 1. The molecule has 112 valence electrons. The Bertz CT molecular complexity index is 445. The molecular weight excluding hydrogens is 320 g/mol. The van der Waals surface area contributed by atoms with Crippen molar-refractivity contribution in [2.24, 2.45) is 5.73 Å². The second-order valence-electron chi connectivity index (χ2n) is 4.84. The normalized spacial score (nSPS) is 12.3. The Kier molecular flexibility index (Phi) is 7.02. The first-order valence-electron chi connectivity index (χ1n) is 6.95. The summed E-state index contributed by atoms with van der Waals surface area (Å²) in [5, 5.41) is 2.94. The zero-order chi connectivity index (χ0) is 15.1. The predicted octanol–water partition coefficient (Wildman–Crippen LogP) is 3.15. The minimum atomic E-state index is -0.139. The summed E-state index contributed by atoms with van der Waals surface area (Å²) >= 11 is 3.39. The van der Waals surface area contributed by atoms with Gasteiger partial charge < -0.3 is 15.8 Å². The van der Waals surface area contributed by atoms with E-state index < -0.39 is 0 Å². The van der Waals surface area contributed by atoms with Crippen LogP contribution in [0.3, 0.4) is 0 Å². The van der Waals surface area contributed by atoms with Crippen LogP contribution in [0.15, 0.2) is 22.7 Å². The van der Waals surface area contributed by atoms with Crippen LogP contribution in [-0.4, -0.2) is 18.6 Å². The number of hydrogen-bond acceptors (Lipinski definition) is 3. The van der Waals surface area contributed by atoms with E-state index in [-0.39, 0.29) is 24.6 Å². The third-order valence-electron chi connectivity index (χ3n) is 3.18. The van der Waals surface area contributed by atoms with Gasteiger partial charge in [0.25, 0.3) is 5.91 Å². The van der Waals surface area contributed by atoms with Gasteiger partial charge in [-0.25, -0.2) is 0 Å². The lowest BCUT2D eigenvalue weighted by molar-refractivity contribution is -0.123. The molecule has 0 aliphatic heterocycles. The SMILES string of the molecule is CCC(CC)NC(=O)COc1cc(Br)ccc1[C@H](C)N. The quantitative estimate of drug-likeness (QED) is 0.799. The molecule has 0 saturated carbocycles. The number of nitrogens with one attached hydrogen (secondary N) is 1. The van der Waals surface area contributed by atoms with Gasteiger partial charge >= 0.3 is 0 Å². The van der Waals surface area contributed by atoms with Crippen LogP contribution in [0.2, 0.25) is 0 Å². The highest BCUT2D eigenvalue weighted by atomic mass is 79.9. The van der Waals surface area contributed by atoms with E-state index >= 15 is 0 Å². The van der Waals surface area contributed by atoms with Crippen molar-refractivity contribution in [1.82, 2.24) is 5.32 Å². The highest BCUT2D eigenvalue weighted by molar-refractivity contribution is 9.10. The van der Waals surface area contributed by atoms with E-state index in [1.807, 2.05) is 25.1 Å². The molecule has 0 aromatic heterocycles. The zero-order valence-electron chi connectivity index (χ0n) is 12.3. The van der Waals surface area contributed by atoms with E-state index in [2.05, 4.69) is 35.1 Å². The second-order valence-corrected chi connectivity index (χ2v) is 5.76. The summed E-state index contributed by atoms with van der Waals surface area (Å²) < 4.78 is 6.51. The summed E-state index contributed by atoms with van der Waals surface area (Å²) in [7, 11) is 0. The second kappa shape index (κ2) is 8.27. The van der Waals surface area contributed by atoms with Crippen LogP contribution in [0.4, 0.5) is 0 Å². The number of nitrogens with two attached hydrogens (primary N) is 1. The number of rotatable bonds is 7. The van der Waals surface area contributed by atoms with Gasteiger partial charge in [0.1, 0.15) is 5.75 Å². The molecule has 1 amide bonds. The number of carbonyl (C=O) groups is 1. The molecule has 0 aliphatic rings. The summed E-state index contributed by atoms with van der Waals surface area (Å²) in [4.78, 5) is 11.8. The highest BCUT2D eigenvalue weighted by Gasteiger charge is 2.12. The summed E-state index contributed by atoms with van der Waals surface area (Å²) in [6, 6.07) is 5.73. The molecule has 1 aromatic rings. The van der Waals surface area contributed by atoms with Gasteiger partial charge in [0.15, 0.2) is 6.61 Å². The molecular formula is C15H23BrN2O2.